The zero-order valence-corrected chi connectivity index (χ0v) is 27.3. The summed E-state index contributed by atoms with van der Waals surface area (Å²) >= 11 is 20.0. The number of alkyl halides is 2. The van der Waals surface area contributed by atoms with Crippen LogP contribution in [0.25, 0.3) is 21.6 Å². The fraction of sp³-hybridized carbons (Fsp3) is 0.306. The molecule has 0 fully saturated rings. The Labute approximate surface area is 277 Å². The molecule has 0 spiro atoms. The van der Waals surface area contributed by atoms with E-state index < -0.39 is 5.97 Å². The summed E-state index contributed by atoms with van der Waals surface area (Å²) in [6, 6.07) is 22.3. The van der Waals surface area contributed by atoms with Crippen LogP contribution in [-0.2, 0) is 27.9 Å². The number of oxime groups is 1. The van der Waals surface area contributed by atoms with E-state index in [0.717, 1.165) is 49.7 Å². The average Bonchev–Trinajstić information content (AvgIpc) is 3.74. The second-order valence-electron chi connectivity index (χ2n) is 11.5. The van der Waals surface area contributed by atoms with Crippen LogP contribution < -0.4 is 0 Å². The summed E-state index contributed by atoms with van der Waals surface area (Å²) in [5.41, 5.74) is 8.41. The van der Waals surface area contributed by atoms with Crippen molar-refractivity contribution in [3.8, 4) is 21.6 Å². The van der Waals surface area contributed by atoms with Crippen molar-refractivity contribution in [2.45, 2.75) is 56.8 Å². The highest BCUT2D eigenvalue weighted by Gasteiger charge is 2.44. The van der Waals surface area contributed by atoms with Gasteiger partial charge in [0.05, 0.1) is 6.42 Å². The van der Waals surface area contributed by atoms with Crippen LogP contribution in [0.1, 0.15) is 71.1 Å². The lowest BCUT2D eigenvalue weighted by molar-refractivity contribution is -0.142. The Morgan fingerprint density at radius 1 is 0.864 bits per heavy atom. The van der Waals surface area contributed by atoms with Gasteiger partial charge in [-0.25, -0.2) is 4.79 Å². The lowest BCUT2D eigenvalue weighted by Crippen LogP contribution is -2.26. The fourth-order valence-corrected chi connectivity index (χ4v) is 7.87. The van der Waals surface area contributed by atoms with E-state index in [-0.39, 0.29) is 23.3 Å². The Balaban J connectivity index is 1.35. The smallest absolute Gasteiger partial charge is 0.317 e. The number of carbonyl (C=O) groups is 2. The maximum absolute atomic E-state index is 13.6. The molecule has 3 aromatic carbocycles. The summed E-state index contributed by atoms with van der Waals surface area (Å²) in [7, 11) is 0. The minimum Gasteiger partial charge on any atom is -0.317 e. The van der Waals surface area contributed by atoms with Crippen molar-refractivity contribution in [3.63, 3.8) is 0 Å². The molecule has 2 aliphatic carbocycles. The number of hydrogen-bond acceptors (Lipinski definition) is 5. The minimum atomic E-state index is -0.529. The van der Waals surface area contributed by atoms with Crippen molar-refractivity contribution in [3.05, 3.63) is 105 Å². The van der Waals surface area contributed by atoms with Gasteiger partial charge in [0, 0.05) is 39.1 Å². The zero-order chi connectivity index (χ0) is 30.7. The number of halogens is 3. The number of benzene rings is 3. The predicted molar refractivity (Wildman–Crippen MR) is 182 cm³/mol. The third-order valence-electron chi connectivity index (χ3n) is 8.75. The summed E-state index contributed by atoms with van der Waals surface area (Å²) in [5, 5.41) is 6.74. The van der Waals surface area contributed by atoms with E-state index in [1.165, 1.54) is 32.7 Å². The molecule has 0 radical (unpaired) electrons. The molecule has 0 amide bonds. The highest BCUT2D eigenvalue weighted by molar-refractivity contribution is 7.13. The van der Waals surface area contributed by atoms with Gasteiger partial charge in [-0.15, -0.1) is 34.5 Å². The lowest BCUT2D eigenvalue weighted by atomic mass is 9.70. The van der Waals surface area contributed by atoms with E-state index >= 15 is 0 Å². The van der Waals surface area contributed by atoms with E-state index in [0.29, 0.717) is 28.8 Å². The fourth-order valence-electron chi connectivity index (χ4n) is 6.64. The van der Waals surface area contributed by atoms with Gasteiger partial charge in [0.2, 0.25) is 5.78 Å². The number of carbonyl (C=O) groups excluding carboxylic acids is 2. The standard InChI is InChI=1S/C36H32Cl3NO3S/c37-15-3-1-13-36(14-2-4-16-38)30-20-24(33-6-5-17-44-33)9-12-27(30)29-19-25-21-32(35(42)28(25)22-31(29)36)40-43-34(41)18-23-7-10-26(39)11-8-23/h5-12,17,19-20,22H,1-4,13-16,18,21H2/b40-32+. The number of ketones is 1. The Bertz CT molecular complexity index is 1700. The molecular formula is C36H32Cl3NO3S. The quantitative estimate of drug-likeness (QED) is 0.0656. The van der Waals surface area contributed by atoms with Crippen molar-refractivity contribution in [2.75, 3.05) is 11.8 Å². The van der Waals surface area contributed by atoms with E-state index in [9.17, 15) is 9.59 Å². The molecule has 8 heteroatoms. The van der Waals surface area contributed by atoms with Crippen LogP contribution in [0.15, 0.2) is 77.3 Å². The summed E-state index contributed by atoms with van der Waals surface area (Å²) in [6.07, 6.45) is 6.05. The predicted octanol–water partition coefficient (Wildman–Crippen LogP) is 10.0. The van der Waals surface area contributed by atoms with Gasteiger partial charge >= 0.3 is 5.97 Å². The van der Waals surface area contributed by atoms with Gasteiger partial charge < -0.3 is 4.84 Å². The van der Waals surface area contributed by atoms with Crippen LogP contribution >= 0.6 is 46.1 Å². The van der Waals surface area contributed by atoms with Gasteiger partial charge in [-0.1, -0.05) is 59.9 Å². The Kier molecular flexibility index (Phi) is 9.58. The number of rotatable bonds is 12. The van der Waals surface area contributed by atoms with Gasteiger partial charge in [0.15, 0.2) is 0 Å². The Morgan fingerprint density at radius 2 is 1.59 bits per heavy atom. The molecule has 4 aromatic rings. The molecule has 0 saturated carbocycles. The summed E-state index contributed by atoms with van der Waals surface area (Å²) in [6.45, 7) is 0. The number of nitrogens with zero attached hydrogens (tertiary/aromatic N) is 1. The van der Waals surface area contributed by atoms with E-state index in [1.54, 1.807) is 35.6 Å². The normalized spacial score (nSPS) is 15.3. The molecule has 1 heterocycles. The molecule has 44 heavy (non-hydrogen) atoms. The topological polar surface area (TPSA) is 55.7 Å². The molecule has 6 rings (SSSR count). The molecule has 0 aliphatic heterocycles. The van der Waals surface area contributed by atoms with E-state index in [1.807, 2.05) is 0 Å². The van der Waals surface area contributed by atoms with Gasteiger partial charge in [-0.05, 0) is 106 Å². The third kappa shape index (κ3) is 6.12. The SMILES string of the molecule is O=C(Cc1ccc(Cl)cc1)O/N=C1\Cc2cc3c(cc2C1=O)C(CCCCCl)(CCCCCl)c1cc(-c2cccs2)ccc1-3. The van der Waals surface area contributed by atoms with Crippen LogP contribution in [0, 0.1) is 0 Å². The number of hydrogen-bond donors (Lipinski definition) is 0. The van der Waals surface area contributed by atoms with E-state index in [2.05, 4.69) is 53.0 Å². The molecule has 1 aromatic heterocycles. The zero-order valence-electron chi connectivity index (χ0n) is 24.2. The molecule has 0 saturated heterocycles. The third-order valence-corrected chi connectivity index (χ3v) is 10.5. The monoisotopic (exact) mass is 663 g/mol. The van der Waals surface area contributed by atoms with Crippen molar-refractivity contribution in [1.29, 1.82) is 0 Å². The molecule has 0 atom stereocenters. The molecule has 0 bridgehead atoms. The first-order valence-electron chi connectivity index (χ1n) is 15.0. The van der Waals surface area contributed by atoms with Gasteiger partial charge in [-0.3, -0.25) is 4.79 Å². The second-order valence-corrected chi connectivity index (χ2v) is 13.6. The maximum atomic E-state index is 13.6. The number of fused-ring (bicyclic) bond motifs is 4. The molecule has 0 unspecified atom stereocenters. The second kappa shape index (κ2) is 13.6. The molecule has 4 nitrogen and oxygen atoms in total. The van der Waals surface area contributed by atoms with Crippen LogP contribution in [0.4, 0.5) is 0 Å². The number of unbranched alkanes of at least 4 members (excludes halogenated alkanes) is 2. The van der Waals surface area contributed by atoms with Crippen LogP contribution in [0.3, 0.4) is 0 Å². The first kappa shape index (κ1) is 31.0. The van der Waals surface area contributed by atoms with Crippen molar-refractivity contribution in [2.24, 2.45) is 5.16 Å². The summed E-state index contributed by atoms with van der Waals surface area (Å²) in [5.74, 6) is 0.518. The van der Waals surface area contributed by atoms with Gasteiger partial charge in [0.25, 0.3) is 0 Å². The van der Waals surface area contributed by atoms with Gasteiger partial charge in [-0.2, -0.15) is 0 Å². The minimum absolute atomic E-state index is 0.0424. The molecular weight excluding hydrogens is 633 g/mol. The van der Waals surface area contributed by atoms with E-state index in [4.69, 9.17) is 39.6 Å². The number of Topliss-reactive ketones (excluding diaryl/α,β-unsaturated/α-hetero) is 1. The van der Waals surface area contributed by atoms with Crippen molar-refractivity contribution in [1.82, 2.24) is 0 Å². The molecule has 0 N–H and O–H groups in total. The highest BCUT2D eigenvalue weighted by Crippen LogP contribution is 2.56. The Morgan fingerprint density at radius 3 is 2.27 bits per heavy atom. The number of thiophene rings is 1. The average molecular weight is 665 g/mol. The Hall–Kier alpha value is -2.96. The van der Waals surface area contributed by atoms with Crippen molar-refractivity contribution >= 4 is 63.6 Å². The largest absolute Gasteiger partial charge is 0.339 e. The summed E-state index contributed by atoms with van der Waals surface area (Å²) < 4.78 is 0. The summed E-state index contributed by atoms with van der Waals surface area (Å²) in [4.78, 5) is 32.6. The first-order valence-corrected chi connectivity index (χ1v) is 17.3. The molecule has 226 valence electrons. The highest BCUT2D eigenvalue weighted by atomic mass is 35.5. The van der Waals surface area contributed by atoms with Crippen LogP contribution in [0.2, 0.25) is 5.02 Å². The maximum Gasteiger partial charge on any atom is 0.339 e. The van der Waals surface area contributed by atoms with Gasteiger partial charge in [0.1, 0.15) is 5.71 Å². The first-order chi connectivity index (χ1) is 21.4. The molecule has 2 aliphatic rings. The van der Waals surface area contributed by atoms with Crippen molar-refractivity contribution < 1.29 is 14.4 Å². The van der Waals surface area contributed by atoms with Crippen LogP contribution in [-0.4, -0.2) is 29.2 Å². The van der Waals surface area contributed by atoms with Crippen LogP contribution in [0.5, 0.6) is 0 Å². The lowest BCUT2D eigenvalue weighted by Gasteiger charge is -2.33.